The van der Waals surface area contributed by atoms with Gasteiger partial charge in [0.15, 0.2) is 0 Å². The van der Waals surface area contributed by atoms with Gasteiger partial charge in [0, 0.05) is 5.75 Å². The molecule has 0 spiro atoms. The normalized spacial score (nSPS) is 36.7. The van der Waals surface area contributed by atoms with E-state index in [2.05, 4.69) is 0 Å². The van der Waals surface area contributed by atoms with Crippen molar-refractivity contribution in [1.29, 1.82) is 0 Å². The highest BCUT2D eigenvalue weighted by atomic mass is 32.2. The highest BCUT2D eigenvalue weighted by Crippen LogP contribution is 2.25. The maximum absolute atomic E-state index is 9.41. The third-order valence-corrected chi connectivity index (χ3v) is 2.91. The monoisotopic (exact) mass is 148 g/mol. The van der Waals surface area contributed by atoms with Gasteiger partial charge in [-0.15, -0.1) is 0 Å². The minimum absolute atomic E-state index is 0.0833. The van der Waals surface area contributed by atoms with Gasteiger partial charge in [-0.3, -0.25) is 0 Å². The van der Waals surface area contributed by atoms with Crippen LogP contribution in [0, 0.1) is 0 Å². The van der Waals surface area contributed by atoms with Gasteiger partial charge in [-0.25, -0.2) is 0 Å². The van der Waals surface area contributed by atoms with E-state index in [-0.39, 0.29) is 6.61 Å². The van der Waals surface area contributed by atoms with Gasteiger partial charge in [0.05, 0.1) is 12.2 Å². The number of aliphatic hydroxyl groups is 2. The summed E-state index contributed by atoms with van der Waals surface area (Å²) in [5.74, 6) is 1.83. The summed E-state index contributed by atoms with van der Waals surface area (Å²) in [6.45, 7) is -0.0833. The molecule has 0 aliphatic carbocycles. The average Bonchev–Trinajstić information content (AvgIpc) is 1.90. The van der Waals surface area contributed by atoms with Crippen LogP contribution in [0.15, 0.2) is 0 Å². The van der Waals surface area contributed by atoms with Gasteiger partial charge in [-0.2, -0.15) is 11.8 Å². The number of rotatable bonds is 1. The molecule has 0 amide bonds. The molecule has 9 heavy (non-hydrogen) atoms. The van der Waals surface area contributed by atoms with Crippen LogP contribution in [0.3, 0.4) is 0 Å². The summed E-state index contributed by atoms with van der Waals surface area (Å²) in [6.07, 6.45) is 1.79. The molecule has 0 saturated carbocycles. The molecule has 0 radical (unpaired) electrons. The van der Waals surface area contributed by atoms with Crippen LogP contribution in [0.1, 0.15) is 12.8 Å². The zero-order chi connectivity index (χ0) is 6.74. The Morgan fingerprint density at radius 3 is 2.67 bits per heavy atom. The molecule has 54 valence electrons. The van der Waals surface area contributed by atoms with E-state index in [0.29, 0.717) is 5.75 Å². The predicted molar refractivity (Wildman–Crippen MR) is 38.6 cm³/mol. The van der Waals surface area contributed by atoms with Crippen LogP contribution >= 0.6 is 11.8 Å². The van der Waals surface area contributed by atoms with E-state index < -0.39 is 5.60 Å². The van der Waals surface area contributed by atoms with E-state index in [1.807, 2.05) is 0 Å². The van der Waals surface area contributed by atoms with Crippen LogP contribution < -0.4 is 0 Å². The second-order valence-electron chi connectivity index (χ2n) is 2.54. The first-order valence-electron chi connectivity index (χ1n) is 3.18. The predicted octanol–water partition coefficient (Wildman–Crippen LogP) is 0.237. The Morgan fingerprint density at radius 1 is 1.56 bits per heavy atom. The van der Waals surface area contributed by atoms with Gasteiger partial charge in [0.2, 0.25) is 0 Å². The SMILES string of the molecule is OCC1(O)CCCSC1. The van der Waals surface area contributed by atoms with Crippen molar-refractivity contribution >= 4 is 11.8 Å². The molecule has 0 aromatic heterocycles. The number of aliphatic hydroxyl groups excluding tert-OH is 1. The van der Waals surface area contributed by atoms with Crippen molar-refractivity contribution in [3.05, 3.63) is 0 Å². The van der Waals surface area contributed by atoms with Crippen LogP contribution in [-0.4, -0.2) is 33.9 Å². The summed E-state index contributed by atoms with van der Waals surface area (Å²) in [6, 6.07) is 0. The van der Waals surface area contributed by atoms with Crippen molar-refractivity contribution in [2.24, 2.45) is 0 Å². The van der Waals surface area contributed by atoms with Crippen molar-refractivity contribution in [2.45, 2.75) is 18.4 Å². The van der Waals surface area contributed by atoms with Crippen molar-refractivity contribution in [2.75, 3.05) is 18.1 Å². The van der Waals surface area contributed by atoms with Crippen molar-refractivity contribution in [1.82, 2.24) is 0 Å². The van der Waals surface area contributed by atoms with E-state index in [1.165, 1.54) is 0 Å². The first-order valence-corrected chi connectivity index (χ1v) is 4.33. The smallest absolute Gasteiger partial charge is 0.0967 e. The van der Waals surface area contributed by atoms with Gasteiger partial charge >= 0.3 is 0 Å². The highest BCUT2D eigenvalue weighted by molar-refractivity contribution is 7.99. The molecule has 1 heterocycles. The number of hydrogen-bond acceptors (Lipinski definition) is 3. The van der Waals surface area contributed by atoms with Crippen LogP contribution in [-0.2, 0) is 0 Å². The quantitative estimate of drug-likeness (QED) is 0.559. The van der Waals surface area contributed by atoms with Crippen molar-refractivity contribution in [3.63, 3.8) is 0 Å². The standard InChI is InChI=1S/C6H12O2S/c7-4-6(8)2-1-3-9-5-6/h7-8H,1-5H2. The van der Waals surface area contributed by atoms with Gasteiger partial charge in [-0.05, 0) is 18.6 Å². The molecule has 1 saturated heterocycles. The average molecular weight is 148 g/mol. The molecule has 1 aliphatic rings. The lowest BCUT2D eigenvalue weighted by Gasteiger charge is -2.29. The summed E-state index contributed by atoms with van der Waals surface area (Å²) >= 11 is 1.72. The molecule has 1 fully saturated rings. The van der Waals surface area contributed by atoms with E-state index in [1.54, 1.807) is 11.8 Å². The first-order chi connectivity index (χ1) is 4.27. The second-order valence-corrected chi connectivity index (χ2v) is 3.64. The third kappa shape index (κ3) is 1.85. The summed E-state index contributed by atoms with van der Waals surface area (Å²) in [5.41, 5.74) is -0.761. The maximum atomic E-state index is 9.41. The Morgan fingerprint density at radius 2 is 2.33 bits per heavy atom. The van der Waals surface area contributed by atoms with E-state index in [9.17, 15) is 5.11 Å². The molecule has 1 unspecified atom stereocenters. The Labute approximate surface area is 59.3 Å². The Hall–Kier alpha value is 0.270. The summed E-state index contributed by atoms with van der Waals surface area (Å²) in [7, 11) is 0. The van der Waals surface area contributed by atoms with E-state index >= 15 is 0 Å². The van der Waals surface area contributed by atoms with E-state index in [4.69, 9.17) is 5.11 Å². The minimum atomic E-state index is -0.761. The fraction of sp³-hybridized carbons (Fsp3) is 1.00. The molecule has 0 aromatic carbocycles. The van der Waals surface area contributed by atoms with Crippen molar-refractivity contribution < 1.29 is 10.2 Å². The van der Waals surface area contributed by atoms with Crippen molar-refractivity contribution in [3.8, 4) is 0 Å². The Kier molecular flexibility index (Phi) is 2.38. The molecular formula is C6H12O2S. The lowest BCUT2D eigenvalue weighted by Crippen LogP contribution is -2.38. The lowest BCUT2D eigenvalue weighted by molar-refractivity contribution is -0.00327. The molecular weight excluding hydrogens is 136 g/mol. The Balaban J connectivity index is 2.37. The third-order valence-electron chi connectivity index (χ3n) is 1.60. The lowest BCUT2D eigenvalue weighted by atomic mass is 10.0. The van der Waals surface area contributed by atoms with Crippen LogP contribution in [0.2, 0.25) is 0 Å². The van der Waals surface area contributed by atoms with E-state index in [0.717, 1.165) is 18.6 Å². The number of thioether (sulfide) groups is 1. The summed E-state index contributed by atoms with van der Waals surface area (Å²) in [5, 5.41) is 18.1. The molecule has 0 aromatic rings. The van der Waals surface area contributed by atoms with Crippen LogP contribution in [0.25, 0.3) is 0 Å². The topological polar surface area (TPSA) is 40.5 Å². The zero-order valence-corrected chi connectivity index (χ0v) is 6.15. The largest absolute Gasteiger partial charge is 0.393 e. The van der Waals surface area contributed by atoms with Crippen LogP contribution in [0.4, 0.5) is 0 Å². The Bertz CT molecular complexity index is 89.1. The molecule has 2 N–H and O–H groups in total. The minimum Gasteiger partial charge on any atom is -0.393 e. The molecule has 1 atom stereocenters. The van der Waals surface area contributed by atoms with Gasteiger partial charge in [0.25, 0.3) is 0 Å². The van der Waals surface area contributed by atoms with Gasteiger partial charge in [-0.1, -0.05) is 0 Å². The highest BCUT2D eigenvalue weighted by Gasteiger charge is 2.28. The molecule has 3 heteroatoms. The molecule has 2 nitrogen and oxygen atoms in total. The maximum Gasteiger partial charge on any atom is 0.0967 e. The fourth-order valence-electron chi connectivity index (χ4n) is 0.962. The molecule has 1 aliphatic heterocycles. The summed E-state index contributed by atoms with van der Waals surface area (Å²) < 4.78 is 0. The van der Waals surface area contributed by atoms with Gasteiger partial charge < -0.3 is 10.2 Å². The molecule has 1 rings (SSSR count). The van der Waals surface area contributed by atoms with Gasteiger partial charge in [0.1, 0.15) is 0 Å². The fourth-order valence-corrected chi connectivity index (χ4v) is 2.07. The molecule has 0 bridgehead atoms. The zero-order valence-electron chi connectivity index (χ0n) is 5.34. The number of hydrogen-bond donors (Lipinski definition) is 2. The van der Waals surface area contributed by atoms with Crippen LogP contribution in [0.5, 0.6) is 0 Å². The first kappa shape index (κ1) is 7.38. The second kappa shape index (κ2) is 2.90. The summed E-state index contributed by atoms with van der Waals surface area (Å²) in [4.78, 5) is 0.